The molecule has 0 radical (unpaired) electrons. The average Bonchev–Trinajstić information content (AvgIpc) is 3.04. The first-order chi connectivity index (χ1) is 16.3. The molecule has 1 aliphatic rings. The Balaban J connectivity index is 1.49. The number of carbonyl (C=O) groups excluding carboxylic acids is 3. The van der Waals surface area contributed by atoms with Crippen LogP contribution in [-0.2, 0) is 16.0 Å². The van der Waals surface area contributed by atoms with Crippen molar-refractivity contribution in [3.63, 3.8) is 0 Å². The zero-order valence-corrected chi connectivity index (χ0v) is 20.0. The van der Waals surface area contributed by atoms with Gasteiger partial charge in [-0.05, 0) is 66.9 Å². The summed E-state index contributed by atoms with van der Waals surface area (Å²) in [5, 5.41) is 6.03. The second-order valence-corrected chi connectivity index (χ2v) is 8.52. The summed E-state index contributed by atoms with van der Waals surface area (Å²) >= 11 is 12.4. The first-order valence-corrected chi connectivity index (χ1v) is 11.4. The molecule has 4 rings (SSSR count). The predicted molar refractivity (Wildman–Crippen MR) is 135 cm³/mol. The third-order valence-corrected chi connectivity index (χ3v) is 6.26. The Hall–Kier alpha value is -3.61. The van der Waals surface area contributed by atoms with E-state index in [0.717, 1.165) is 28.1 Å². The molecule has 3 amide bonds. The lowest BCUT2D eigenvalue weighted by Crippen LogP contribution is -2.32. The van der Waals surface area contributed by atoms with E-state index in [1.807, 2.05) is 38.1 Å². The van der Waals surface area contributed by atoms with Crippen LogP contribution in [0.2, 0.25) is 5.02 Å². The van der Waals surface area contributed by atoms with Crippen molar-refractivity contribution >= 4 is 58.0 Å². The number of benzene rings is 3. The zero-order chi connectivity index (χ0) is 24.4. The largest absolute Gasteiger partial charge is 0.350 e. The molecule has 3 aromatic rings. The number of nitrogens with one attached hydrogen (secondary N) is 2. The predicted octanol–water partition coefficient (Wildman–Crippen LogP) is 5.90. The molecule has 0 saturated carbocycles. The number of hydrogen-bond acceptors (Lipinski definition) is 4. The second-order valence-electron chi connectivity index (χ2n) is 7.74. The van der Waals surface area contributed by atoms with Gasteiger partial charge in [0.1, 0.15) is 10.7 Å². The van der Waals surface area contributed by atoms with Crippen LogP contribution in [0.1, 0.15) is 28.4 Å². The van der Waals surface area contributed by atoms with Crippen LogP contribution >= 0.6 is 23.2 Å². The van der Waals surface area contributed by atoms with Crippen LogP contribution in [0, 0.1) is 6.92 Å². The number of carbonyl (C=O) groups is 3. The topological polar surface area (TPSA) is 78.5 Å². The molecular formula is C26H21Cl2N3O3. The lowest BCUT2D eigenvalue weighted by Gasteiger charge is -2.16. The highest BCUT2D eigenvalue weighted by molar-refractivity contribution is 6.53. The van der Waals surface area contributed by atoms with Gasteiger partial charge in [0.2, 0.25) is 0 Å². The number of halogens is 2. The monoisotopic (exact) mass is 493 g/mol. The fourth-order valence-corrected chi connectivity index (χ4v) is 3.95. The number of rotatable bonds is 6. The molecule has 1 heterocycles. The molecule has 6 nitrogen and oxygen atoms in total. The molecule has 3 aromatic carbocycles. The van der Waals surface area contributed by atoms with E-state index in [1.54, 1.807) is 42.5 Å². The molecule has 0 fully saturated rings. The van der Waals surface area contributed by atoms with E-state index >= 15 is 0 Å². The maximum Gasteiger partial charge on any atom is 0.283 e. The number of hydrogen-bond donors (Lipinski definition) is 2. The number of para-hydroxylation sites is 1. The van der Waals surface area contributed by atoms with Crippen LogP contribution < -0.4 is 15.5 Å². The van der Waals surface area contributed by atoms with Crippen LogP contribution in [0.25, 0.3) is 0 Å². The summed E-state index contributed by atoms with van der Waals surface area (Å²) in [5.74, 6) is -1.48. The lowest BCUT2D eigenvalue weighted by atomic mass is 10.1. The van der Waals surface area contributed by atoms with Crippen LogP contribution in [0.5, 0.6) is 0 Å². The number of amides is 3. The van der Waals surface area contributed by atoms with Gasteiger partial charge >= 0.3 is 0 Å². The summed E-state index contributed by atoms with van der Waals surface area (Å²) in [6, 6.07) is 19.1. The van der Waals surface area contributed by atoms with Crippen molar-refractivity contribution in [3.05, 3.63) is 99.2 Å². The Morgan fingerprint density at radius 1 is 0.941 bits per heavy atom. The Labute approximate surface area is 207 Å². The molecule has 0 saturated heterocycles. The number of anilines is 3. The fraction of sp³-hybridized carbons (Fsp3) is 0.115. The normalized spacial score (nSPS) is 13.5. The molecular weight excluding hydrogens is 473 g/mol. The molecule has 34 heavy (non-hydrogen) atoms. The molecule has 0 unspecified atom stereocenters. The van der Waals surface area contributed by atoms with Gasteiger partial charge in [-0.2, -0.15) is 0 Å². The number of aryl methyl sites for hydroxylation is 2. The summed E-state index contributed by atoms with van der Waals surface area (Å²) in [4.78, 5) is 39.3. The highest BCUT2D eigenvalue weighted by Crippen LogP contribution is 2.32. The van der Waals surface area contributed by atoms with Gasteiger partial charge in [-0.3, -0.25) is 14.4 Å². The maximum absolute atomic E-state index is 13.0. The van der Waals surface area contributed by atoms with Crippen LogP contribution in [0.3, 0.4) is 0 Å². The Bertz CT molecular complexity index is 1330. The summed E-state index contributed by atoms with van der Waals surface area (Å²) in [5.41, 5.74) is 3.87. The summed E-state index contributed by atoms with van der Waals surface area (Å²) in [7, 11) is 0. The smallest absolute Gasteiger partial charge is 0.283 e. The zero-order valence-electron chi connectivity index (χ0n) is 18.5. The minimum Gasteiger partial charge on any atom is -0.350 e. The maximum atomic E-state index is 13.0. The standard InChI is InChI=1S/C26H21Cl2N3O3/c1-3-16-6-4-5-7-21(16)30-24(32)17-9-11-18(12-10-17)29-23-22(28)25(33)31(26(23)34)19-13-8-15(2)20(27)14-19/h4-14,29H,3H2,1-2H3,(H,30,32). The van der Waals surface area contributed by atoms with E-state index in [1.165, 1.54) is 0 Å². The minimum absolute atomic E-state index is 0.0440. The van der Waals surface area contributed by atoms with E-state index in [9.17, 15) is 14.4 Å². The van der Waals surface area contributed by atoms with E-state index in [4.69, 9.17) is 23.2 Å². The van der Waals surface area contributed by atoms with Crippen molar-refractivity contribution in [2.24, 2.45) is 0 Å². The third-order valence-electron chi connectivity index (χ3n) is 5.50. The van der Waals surface area contributed by atoms with E-state index in [2.05, 4.69) is 10.6 Å². The quantitative estimate of drug-likeness (QED) is 0.419. The third kappa shape index (κ3) is 4.55. The number of imide groups is 1. The van der Waals surface area contributed by atoms with E-state index < -0.39 is 11.8 Å². The van der Waals surface area contributed by atoms with Gasteiger partial charge < -0.3 is 10.6 Å². The molecule has 0 aliphatic carbocycles. The first kappa shape index (κ1) is 23.5. The Morgan fingerprint density at radius 2 is 1.65 bits per heavy atom. The van der Waals surface area contributed by atoms with Crippen molar-refractivity contribution in [2.45, 2.75) is 20.3 Å². The SMILES string of the molecule is CCc1ccccc1NC(=O)c1ccc(NC2=C(Cl)C(=O)N(c3ccc(C)c(Cl)c3)C2=O)cc1. The molecule has 0 atom stereocenters. The summed E-state index contributed by atoms with van der Waals surface area (Å²) < 4.78 is 0. The number of nitrogens with zero attached hydrogens (tertiary/aromatic N) is 1. The molecule has 0 aromatic heterocycles. The lowest BCUT2D eigenvalue weighted by molar-refractivity contribution is -0.120. The second kappa shape index (κ2) is 9.71. The molecule has 2 N–H and O–H groups in total. The van der Waals surface area contributed by atoms with Gasteiger partial charge in [-0.1, -0.05) is 54.4 Å². The highest BCUT2D eigenvalue weighted by Gasteiger charge is 2.39. The highest BCUT2D eigenvalue weighted by atomic mass is 35.5. The van der Waals surface area contributed by atoms with Crippen LogP contribution in [0.4, 0.5) is 17.1 Å². The first-order valence-electron chi connectivity index (χ1n) is 10.6. The van der Waals surface area contributed by atoms with Gasteiger partial charge in [0, 0.05) is 22.0 Å². The van der Waals surface area contributed by atoms with Crippen molar-refractivity contribution < 1.29 is 14.4 Å². The Kier molecular flexibility index (Phi) is 6.72. The molecule has 0 bridgehead atoms. The van der Waals surface area contributed by atoms with E-state index in [0.29, 0.717) is 22.0 Å². The van der Waals surface area contributed by atoms with Crippen molar-refractivity contribution in [3.8, 4) is 0 Å². The molecule has 0 spiro atoms. The van der Waals surface area contributed by atoms with Crippen molar-refractivity contribution in [1.82, 2.24) is 0 Å². The van der Waals surface area contributed by atoms with Gasteiger partial charge in [0.05, 0.1) is 5.69 Å². The van der Waals surface area contributed by atoms with Crippen LogP contribution in [0.15, 0.2) is 77.5 Å². The molecule has 1 aliphatic heterocycles. The fourth-order valence-electron chi connectivity index (χ4n) is 3.56. The summed E-state index contributed by atoms with van der Waals surface area (Å²) in [6.07, 6.45) is 0.799. The van der Waals surface area contributed by atoms with Crippen LogP contribution in [-0.4, -0.2) is 17.7 Å². The van der Waals surface area contributed by atoms with E-state index in [-0.39, 0.29) is 16.6 Å². The van der Waals surface area contributed by atoms with Gasteiger partial charge in [-0.15, -0.1) is 0 Å². The van der Waals surface area contributed by atoms with Gasteiger partial charge in [-0.25, -0.2) is 4.90 Å². The van der Waals surface area contributed by atoms with Gasteiger partial charge in [0.15, 0.2) is 0 Å². The molecule has 172 valence electrons. The average molecular weight is 494 g/mol. The summed E-state index contributed by atoms with van der Waals surface area (Å²) in [6.45, 7) is 3.85. The van der Waals surface area contributed by atoms with Crippen molar-refractivity contribution in [2.75, 3.05) is 15.5 Å². The molecule has 8 heteroatoms. The minimum atomic E-state index is -0.639. The van der Waals surface area contributed by atoms with Gasteiger partial charge in [0.25, 0.3) is 17.7 Å². The Morgan fingerprint density at radius 3 is 2.32 bits per heavy atom. The van der Waals surface area contributed by atoms with Crippen molar-refractivity contribution in [1.29, 1.82) is 0 Å².